The fourth-order valence-corrected chi connectivity index (χ4v) is 4.72. The second-order valence-electron chi connectivity index (χ2n) is 6.10. The van der Waals surface area contributed by atoms with Crippen LogP contribution in [0.2, 0.25) is 0 Å². The third-order valence-corrected chi connectivity index (χ3v) is 5.77. The van der Waals surface area contributed by atoms with Crippen LogP contribution in [0.4, 0.5) is 11.8 Å². The molecule has 0 spiro atoms. The summed E-state index contributed by atoms with van der Waals surface area (Å²) in [6.45, 7) is 1.06. The standard InChI is InChI=1S/C15H20N4S/c1-16-15-18-13(12-4-5-20-14(12)19-15)17-8-11-7-9-2-3-10(11)6-9/h4-5,9-11H,2-3,6-8H2,1H3,(H2,16,17,18,19). The summed E-state index contributed by atoms with van der Waals surface area (Å²) in [6, 6.07) is 2.11. The van der Waals surface area contributed by atoms with Crippen molar-refractivity contribution in [2.45, 2.75) is 25.7 Å². The van der Waals surface area contributed by atoms with Crippen molar-refractivity contribution < 1.29 is 0 Å². The highest BCUT2D eigenvalue weighted by molar-refractivity contribution is 7.16. The summed E-state index contributed by atoms with van der Waals surface area (Å²) >= 11 is 1.67. The largest absolute Gasteiger partial charge is 0.369 e. The number of fused-ring (bicyclic) bond motifs is 3. The Morgan fingerprint density at radius 2 is 2.25 bits per heavy atom. The van der Waals surface area contributed by atoms with E-state index in [1.54, 1.807) is 11.3 Å². The van der Waals surface area contributed by atoms with E-state index in [-0.39, 0.29) is 0 Å². The number of rotatable bonds is 4. The number of aromatic nitrogens is 2. The lowest BCUT2D eigenvalue weighted by Crippen LogP contribution is -2.20. The molecule has 0 saturated heterocycles. The molecule has 0 radical (unpaired) electrons. The Kier molecular flexibility index (Phi) is 3.02. The normalized spacial score (nSPS) is 28.1. The van der Waals surface area contributed by atoms with Crippen molar-refractivity contribution in [3.63, 3.8) is 0 Å². The van der Waals surface area contributed by atoms with Crippen LogP contribution < -0.4 is 10.6 Å². The predicted octanol–water partition coefficient (Wildman–Crippen LogP) is 3.58. The maximum Gasteiger partial charge on any atom is 0.225 e. The SMILES string of the molecule is CNc1nc(NCC2CC3CCC2C3)c2ccsc2n1. The molecule has 2 aromatic heterocycles. The van der Waals surface area contributed by atoms with Gasteiger partial charge < -0.3 is 10.6 Å². The highest BCUT2D eigenvalue weighted by atomic mass is 32.1. The Balaban J connectivity index is 1.54. The molecule has 2 heterocycles. The average Bonchev–Trinajstić information content (AvgIpc) is 3.19. The smallest absolute Gasteiger partial charge is 0.225 e. The molecule has 4 rings (SSSR count). The van der Waals surface area contributed by atoms with Crippen LogP contribution >= 0.6 is 11.3 Å². The van der Waals surface area contributed by atoms with Crippen LogP contribution in [0.25, 0.3) is 10.2 Å². The van der Waals surface area contributed by atoms with Crippen molar-refractivity contribution in [1.82, 2.24) is 9.97 Å². The molecular weight excluding hydrogens is 268 g/mol. The average molecular weight is 288 g/mol. The molecule has 2 fully saturated rings. The van der Waals surface area contributed by atoms with E-state index < -0.39 is 0 Å². The van der Waals surface area contributed by atoms with E-state index >= 15 is 0 Å². The van der Waals surface area contributed by atoms with E-state index in [1.807, 2.05) is 7.05 Å². The van der Waals surface area contributed by atoms with Crippen LogP contribution in [-0.2, 0) is 0 Å². The van der Waals surface area contributed by atoms with Crippen LogP contribution in [0.1, 0.15) is 25.7 Å². The third-order valence-electron chi connectivity index (χ3n) is 4.96. The van der Waals surface area contributed by atoms with E-state index in [2.05, 4.69) is 32.0 Å². The topological polar surface area (TPSA) is 49.8 Å². The molecular formula is C15H20N4S. The summed E-state index contributed by atoms with van der Waals surface area (Å²) in [7, 11) is 1.87. The van der Waals surface area contributed by atoms with Gasteiger partial charge >= 0.3 is 0 Å². The summed E-state index contributed by atoms with van der Waals surface area (Å²) in [5.74, 6) is 4.50. The van der Waals surface area contributed by atoms with E-state index in [4.69, 9.17) is 0 Å². The Labute approximate surface area is 123 Å². The summed E-state index contributed by atoms with van der Waals surface area (Å²) < 4.78 is 0. The van der Waals surface area contributed by atoms with E-state index in [0.717, 1.165) is 40.3 Å². The molecule has 2 aromatic rings. The zero-order chi connectivity index (χ0) is 13.5. The Morgan fingerprint density at radius 1 is 1.30 bits per heavy atom. The number of anilines is 2. The lowest BCUT2D eigenvalue weighted by Gasteiger charge is -2.22. The minimum Gasteiger partial charge on any atom is -0.369 e. The molecule has 20 heavy (non-hydrogen) atoms. The Hall–Kier alpha value is -1.36. The van der Waals surface area contributed by atoms with Gasteiger partial charge in [-0.3, -0.25) is 0 Å². The second kappa shape index (κ2) is 4.88. The van der Waals surface area contributed by atoms with Gasteiger partial charge in [0.15, 0.2) is 0 Å². The molecule has 0 aromatic carbocycles. The van der Waals surface area contributed by atoms with Gasteiger partial charge in [-0.15, -0.1) is 11.3 Å². The lowest BCUT2D eigenvalue weighted by atomic mass is 9.89. The first kappa shape index (κ1) is 12.4. The summed E-state index contributed by atoms with van der Waals surface area (Å²) in [4.78, 5) is 10.1. The van der Waals surface area contributed by atoms with E-state index in [9.17, 15) is 0 Å². The van der Waals surface area contributed by atoms with Crippen LogP contribution in [0.3, 0.4) is 0 Å². The first-order chi connectivity index (χ1) is 9.83. The minimum atomic E-state index is 0.704. The van der Waals surface area contributed by atoms with Crippen LogP contribution in [0.15, 0.2) is 11.4 Å². The van der Waals surface area contributed by atoms with Crippen molar-refractivity contribution >= 4 is 33.3 Å². The Morgan fingerprint density at radius 3 is 3.00 bits per heavy atom. The number of hydrogen-bond acceptors (Lipinski definition) is 5. The summed E-state index contributed by atoms with van der Waals surface area (Å²) in [5, 5.41) is 9.87. The molecule has 2 bridgehead atoms. The van der Waals surface area contributed by atoms with Gasteiger partial charge in [0.05, 0.1) is 5.39 Å². The molecule has 2 aliphatic carbocycles. The number of nitrogens with one attached hydrogen (secondary N) is 2. The fourth-order valence-electron chi connectivity index (χ4n) is 3.96. The fraction of sp³-hybridized carbons (Fsp3) is 0.600. The van der Waals surface area contributed by atoms with Crippen molar-refractivity contribution in [2.75, 3.05) is 24.2 Å². The number of nitrogens with zero attached hydrogens (tertiary/aromatic N) is 2. The molecule has 5 heteroatoms. The van der Waals surface area contributed by atoms with Gasteiger partial charge in [0.1, 0.15) is 10.6 Å². The summed E-state index contributed by atoms with van der Waals surface area (Å²) in [5.41, 5.74) is 0. The molecule has 0 aliphatic heterocycles. The van der Waals surface area contributed by atoms with Gasteiger partial charge in [0, 0.05) is 13.6 Å². The van der Waals surface area contributed by atoms with Gasteiger partial charge in [-0.25, -0.2) is 4.98 Å². The molecule has 3 atom stereocenters. The van der Waals surface area contributed by atoms with Gasteiger partial charge in [0.25, 0.3) is 0 Å². The van der Waals surface area contributed by atoms with Crippen molar-refractivity contribution in [1.29, 1.82) is 0 Å². The second-order valence-corrected chi connectivity index (χ2v) is 7.00. The molecule has 106 valence electrons. The molecule has 3 unspecified atom stereocenters. The monoisotopic (exact) mass is 288 g/mol. The molecule has 2 aliphatic rings. The van der Waals surface area contributed by atoms with Gasteiger partial charge in [0.2, 0.25) is 5.95 Å². The van der Waals surface area contributed by atoms with Crippen LogP contribution in [0.5, 0.6) is 0 Å². The quantitative estimate of drug-likeness (QED) is 0.903. The van der Waals surface area contributed by atoms with E-state index in [1.165, 1.54) is 25.7 Å². The first-order valence-electron chi connectivity index (χ1n) is 7.50. The maximum absolute atomic E-state index is 4.59. The maximum atomic E-state index is 4.59. The lowest BCUT2D eigenvalue weighted by molar-refractivity contribution is 0.348. The minimum absolute atomic E-state index is 0.704. The summed E-state index contributed by atoms with van der Waals surface area (Å²) in [6.07, 6.45) is 5.78. The van der Waals surface area contributed by atoms with Gasteiger partial charge in [-0.2, -0.15) is 4.98 Å². The molecule has 2 saturated carbocycles. The van der Waals surface area contributed by atoms with Crippen molar-refractivity contribution in [3.05, 3.63) is 11.4 Å². The van der Waals surface area contributed by atoms with Gasteiger partial charge in [-0.05, 0) is 48.5 Å². The third kappa shape index (κ3) is 2.04. The van der Waals surface area contributed by atoms with Crippen molar-refractivity contribution in [2.24, 2.45) is 17.8 Å². The number of hydrogen-bond donors (Lipinski definition) is 2. The molecule has 2 N–H and O–H groups in total. The Bertz CT molecular complexity index is 623. The molecule has 4 nitrogen and oxygen atoms in total. The predicted molar refractivity (Wildman–Crippen MR) is 84.4 cm³/mol. The number of thiophene rings is 1. The highest BCUT2D eigenvalue weighted by Gasteiger charge is 2.39. The first-order valence-corrected chi connectivity index (χ1v) is 8.38. The van der Waals surface area contributed by atoms with E-state index in [0.29, 0.717) is 5.95 Å². The zero-order valence-electron chi connectivity index (χ0n) is 11.7. The van der Waals surface area contributed by atoms with Crippen LogP contribution in [0, 0.1) is 17.8 Å². The van der Waals surface area contributed by atoms with Gasteiger partial charge in [-0.1, -0.05) is 6.42 Å². The highest BCUT2D eigenvalue weighted by Crippen LogP contribution is 2.48. The van der Waals surface area contributed by atoms with Crippen LogP contribution in [-0.4, -0.2) is 23.6 Å². The van der Waals surface area contributed by atoms with Crippen molar-refractivity contribution in [3.8, 4) is 0 Å². The molecule has 0 amide bonds. The zero-order valence-corrected chi connectivity index (χ0v) is 12.5.